The van der Waals surface area contributed by atoms with Crippen molar-refractivity contribution >= 4 is 29.5 Å². The Morgan fingerprint density at radius 2 is 1.48 bits per heavy atom. The van der Waals surface area contributed by atoms with Gasteiger partial charge in [-0.3, -0.25) is 15.1 Å². The van der Waals surface area contributed by atoms with Crippen LogP contribution >= 0.6 is 0 Å². The van der Waals surface area contributed by atoms with Crippen molar-refractivity contribution in [2.45, 2.75) is 73.6 Å². The van der Waals surface area contributed by atoms with Gasteiger partial charge in [0.15, 0.2) is 0 Å². The lowest BCUT2D eigenvalue weighted by Crippen LogP contribution is -2.23. The Labute approximate surface area is 353 Å². The molecular formula is C50H54N4O6. The van der Waals surface area contributed by atoms with Crippen LogP contribution in [0.4, 0.5) is 21.0 Å². The zero-order valence-electron chi connectivity index (χ0n) is 35.0. The number of carbonyl (C=O) groups is 3. The molecular weight excluding hydrogens is 753 g/mol. The topological polar surface area (TPSA) is 128 Å². The molecule has 0 saturated carbocycles. The van der Waals surface area contributed by atoms with Crippen LogP contribution in [0.2, 0.25) is 0 Å². The molecule has 0 bridgehead atoms. The first-order chi connectivity index (χ1) is 28.8. The molecule has 3 N–H and O–H groups in total. The normalized spacial score (nSPS) is 14.2. The average Bonchev–Trinajstić information content (AvgIpc) is 3.22. The Morgan fingerprint density at radius 1 is 0.800 bits per heavy atom. The summed E-state index contributed by atoms with van der Waals surface area (Å²) in [7, 11) is 0. The molecule has 0 fully saturated rings. The quantitative estimate of drug-likeness (QED) is 0.0759. The summed E-state index contributed by atoms with van der Waals surface area (Å²) in [5.74, 6) is 0.721. The molecule has 310 valence electrons. The maximum absolute atomic E-state index is 13.1. The predicted octanol–water partition coefficient (Wildman–Crippen LogP) is 11.9. The number of alkyl carbamates (subject to hydrolysis) is 1. The first kappa shape index (κ1) is 44.2. The Bertz CT molecular complexity index is 2280. The fourth-order valence-corrected chi connectivity index (χ4v) is 6.59. The molecule has 1 aliphatic rings. The van der Waals surface area contributed by atoms with Gasteiger partial charge in [-0.05, 0) is 116 Å². The molecule has 1 aliphatic carbocycles. The van der Waals surface area contributed by atoms with Crippen molar-refractivity contribution in [2.24, 2.45) is 5.41 Å². The van der Waals surface area contributed by atoms with Crippen LogP contribution in [-0.4, -0.2) is 23.1 Å². The monoisotopic (exact) mass is 806 g/mol. The lowest BCUT2D eigenvalue weighted by atomic mass is 9.72. The van der Waals surface area contributed by atoms with Crippen molar-refractivity contribution < 1.29 is 28.6 Å². The van der Waals surface area contributed by atoms with Gasteiger partial charge in [-0.15, -0.1) is 0 Å². The van der Waals surface area contributed by atoms with E-state index in [9.17, 15) is 14.4 Å². The lowest BCUT2D eigenvalue weighted by Gasteiger charge is -2.32. The van der Waals surface area contributed by atoms with Crippen molar-refractivity contribution in [1.29, 1.82) is 0 Å². The highest BCUT2D eigenvalue weighted by Gasteiger charge is 2.26. The molecule has 0 atom stereocenters. The average molecular weight is 807 g/mol. The van der Waals surface area contributed by atoms with E-state index in [2.05, 4.69) is 73.4 Å². The molecule has 60 heavy (non-hydrogen) atoms. The molecule has 0 saturated heterocycles. The number of amides is 3. The molecule has 0 aliphatic heterocycles. The minimum atomic E-state index is -0.684. The summed E-state index contributed by atoms with van der Waals surface area (Å²) in [4.78, 5) is 41.9. The number of para-hydroxylation sites is 2. The van der Waals surface area contributed by atoms with Gasteiger partial charge in [-0.25, -0.2) is 9.59 Å². The van der Waals surface area contributed by atoms with E-state index in [1.54, 1.807) is 79.1 Å². The smallest absolute Gasteiger partial charge is 0.412 e. The summed E-state index contributed by atoms with van der Waals surface area (Å²) in [6.07, 6.45) is 18.2. The Kier molecular flexibility index (Phi) is 16.0. The van der Waals surface area contributed by atoms with E-state index < -0.39 is 12.2 Å². The van der Waals surface area contributed by atoms with Gasteiger partial charge in [-0.2, -0.15) is 0 Å². The van der Waals surface area contributed by atoms with Crippen LogP contribution < -0.4 is 20.7 Å². The third-order valence-corrected chi connectivity index (χ3v) is 9.86. The fraction of sp³-hybridized carbons (Fsp3) is 0.240. The largest absolute Gasteiger partial charge is 0.458 e. The summed E-state index contributed by atoms with van der Waals surface area (Å²) in [6.45, 7) is 15.4. The number of ether oxygens (including phenoxy) is 3. The second kappa shape index (κ2) is 21.7. The van der Waals surface area contributed by atoms with E-state index in [0.29, 0.717) is 28.4 Å². The number of nitrogens with zero attached hydrogens (tertiary/aromatic N) is 1. The number of benzene rings is 3. The Balaban J connectivity index is 1.04. The number of carbonyl (C=O) groups excluding carboxylic acids is 3. The third kappa shape index (κ3) is 14.2. The van der Waals surface area contributed by atoms with E-state index in [0.717, 1.165) is 22.3 Å². The molecule has 3 amide bonds. The van der Waals surface area contributed by atoms with Crippen molar-refractivity contribution in [1.82, 2.24) is 10.3 Å². The predicted molar refractivity (Wildman–Crippen MR) is 238 cm³/mol. The molecule has 5 rings (SSSR count). The van der Waals surface area contributed by atoms with Crippen LogP contribution in [-0.2, 0) is 29.2 Å². The molecule has 10 heteroatoms. The van der Waals surface area contributed by atoms with Gasteiger partial charge in [0.25, 0.3) is 5.91 Å². The van der Waals surface area contributed by atoms with E-state index in [1.807, 2.05) is 43.4 Å². The summed E-state index contributed by atoms with van der Waals surface area (Å²) in [6, 6.07) is 24.4. The van der Waals surface area contributed by atoms with Crippen LogP contribution in [0.1, 0.15) is 80.9 Å². The highest BCUT2D eigenvalue weighted by Crippen LogP contribution is 2.40. The molecule has 0 spiro atoms. The Hall–Kier alpha value is -6.94. The van der Waals surface area contributed by atoms with E-state index in [4.69, 9.17) is 14.2 Å². The standard InChI is InChI=1S/C50H54N4O6/c1-35(18-27-44-37(3)14-10-28-50(44,5)6)12-9-13-36(2)30-38(4)60-43-25-21-40(22-26-43)33-59-49(57)54-46-17-8-7-16-45(46)53-47(55)42-23-19-39(20-24-42)32-52-48(56)58-34-41-15-11-29-51-31-41/h7-9,11-13,15-27,29-31H,4,10,14,28,32-34H2,1-3,5-6H3,(H,52,56)(H,53,55)(H,54,57)/b13-9+,27-18+,35-12+,36-30+. The van der Waals surface area contributed by atoms with Crippen LogP contribution in [0.3, 0.4) is 0 Å². The van der Waals surface area contributed by atoms with Gasteiger partial charge in [-0.1, -0.05) is 104 Å². The van der Waals surface area contributed by atoms with Gasteiger partial charge >= 0.3 is 12.2 Å². The van der Waals surface area contributed by atoms with Crippen LogP contribution in [0, 0.1) is 5.41 Å². The maximum Gasteiger partial charge on any atom is 0.412 e. The summed E-state index contributed by atoms with van der Waals surface area (Å²) < 4.78 is 16.6. The summed E-state index contributed by atoms with van der Waals surface area (Å²) >= 11 is 0. The van der Waals surface area contributed by atoms with Gasteiger partial charge in [0, 0.05) is 30.1 Å². The molecule has 4 aromatic rings. The van der Waals surface area contributed by atoms with Gasteiger partial charge in [0.05, 0.1) is 11.4 Å². The van der Waals surface area contributed by atoms with E-state index in [-0.39, 0.29) is 31.1 Å². The molecule has 1 aromatic heterocycles. The van der Waals surface area contributed by atoms with Gasteiger partial charge in [0.2, 0.25) is 0 Å². The zero-order valence-corrected chi connectivity index (χ0v) is 35.0. The number of hydrogen-bond acceptors (Lipinski definition) is 7. The number of allylic oxidation sites excluding steroid dienone is 10. The van der Waals surface area contributed by atoms with E-state index >= 15 is 0 Å². The van der Waals surface area contributed by atoms with Crippen molar-refractivity contribution in [3.8, 4) is 5.75 Å². The highest BCUT2D eigenvalue weighted by atomic mass is 16.6. The number of nitrogens with one attached hydrogen (secondary N) is 3. The number of pyridine rings is 1. The fourth-order valence-electron chi connectivity index (χ4n) is 6.59. The number of anilines is 2. The highest BCUT2D eigenvalue weighted by molar-refractivity contribution is 6.06. The van der Waals surface area contributed by atoms with E-state index in [1.165, 1.54) is 36.0 Å². The SMILES string of the molecule is C=C(/C=C(C)/C=C/C=C(C)/C=C/C1=C(C)CCCC1(C)C)Oc1ccc(COC(=O)Nc2ccccc2NC(=O)c2ccc(CNC(=O)OCc3cccnc3)cc2)cc1. The van der Waals surface area contributed by atoms with Crippen molar-refractivity contribution in [2.75, 3.05) is 10.6 Å². The first-order valence-corrected chi connectivity index (χ1v) is 19.9. The minimum Gasteiger partial charge on any atom is -0.458 e. The second-order valence-corrected chi connectivity index (χ2v) is 15.3. The van der Waals surface area contributed by atoms with Crippen LogP contribution in [0.15, 0.2) is 168 Å². The number of rotatable bonds is 16. The second-order valence-electron chi connectivity index (χ2n) is 15.3. The number of hydrogen-bond donors (Lipinski definition) is 3. The first-order valence-electron chi connectivity index (χ1n) is 19.9. The van der Waals surface area contributed by atoms with Crippen molar-refractivity contribution in [3.63, 3.8) is 0 Å². The molecule has 0 unspecified atom stereocenters. The number of aromatic nitrogens is 1. The molecule has 10 nitrogen and oxygen atoms in total. The minimum absolute atomic E-state index is 0.0198. The molecule has 0 radical (unpaired) electrons. The zero-order chi connectivity index (χ0) is 42.9. The lowest BCUT2D eigenvalue weighted by molar-refractivity contribution is 0.102. The molecule has 1 heterocycles. The maximum atomic E-state index is 13.1. The third-order valence-electron chi connectivity index (χ3n) is 9.86. The molecule has 3 aromatic carbocycles. The van der Waals surface area contributed by atoms with Crippen LogP contribution in [0.5, 0.6) is 5.75 Å². The van der Waals surface area contributed by atoms with Gasteiger partial charge in [0.1, 0.15) is 24.7 Å². The summed E-state index contributed by atoms with van der Waals surface area (Å²) in [5.41, 5.74) is 8.82. The van der Waals surface area contributed by atoms with Crippen LogP contribution in [0.25, 0.3) is 0 Å². The Morgan fingerprint density at radius 3 is 2.18 bits per heavy atom. The summed E-state index contributed by atoms with van der Waals surface area (Å²) in [5, 5.41) is 8.23. The van der Waals surface area contributed by atoms with Crippen molar-refractivity contribution in [3.05, 3.63) is 191 Å². The van der Waals surface area contributed by atoms with Gasteiger partial charge < -0.3 is 24.8 Å².